The Balaban J connectivity index is 1.61. The summed E-state index contributed by atoms with van der Waals surface area (Å²) in [4.78, 5) is 9.92. The molecule has 3 rings (SSSR count). The molecule has 0 aromatic carbocycles. The second kappa shape index (κ2) is 6.99. The van der Waals surface area contributed by atoms with Crippen LogP contribution in [0, 0.1) is 19.8 Å². The molecule has 2 aliphatic rings. The molecule has 1 aromatic heterocycles. The van der Waals surface area contributed by atoms with Crippen LogP contribution in [0.4, 0.5) is 5.82 Å². The molecule has 1 aliphatic heterocycles. The van der Waals surface area contributed by atoms with E-state index in [0.717, 1.165) is 25.0 Å². The van der Waals surface area contributed by atoms with Crippen molar-refractivity contribution in [2.45, 2.75) is 58.9 Å². The standard InChI is InChI=1S/C19H31N3/c1-4-18(17-7-5-6-8-17)21-9-11-22(12-10-21)19-16(3)13-15(2)14-20-19/h13-14,17-18H,4-12H2,1-3H3/t18-/m0/s1. The van der Waals surface area contributed by atoms with Crippen LogP contribution >= 0.6 is 0 Å². The summed E-state index contributed by atoms with van der Waals surface area (Å²) in [5, 5.41) is 0. The molecule has 1 aliphatic carbocycles. The smallest absolute Gasteiger partial charge is 0.131 e. The van der Waals surface area contributed by atoms with Crippen LogP contribution in [-0.4, -0.2) is 42.1 Å². The third-order valence-corrected chi connectivity index (χ3v) is 5.63. The lowest BCUT2D eigenvalue weighted by Crippen LogP contribution is -2.52. The Morgan fingerprint density at radius 3 is 2.41 bits per heavy atom. The van der Waals surface area contributed by atoms with Gasteiger partial charge in [-0.15, -0.1) is 0 Å². The predicted molar refractivity (Wildman–Crippen MR) is 93.5 cm³/mol. The Morgan fingerprint density at radius 2 is 1.82 bits per heavy atom. The number of rotatable bonds is 4. The lowest BCUT2D eigenvalue weighted by atomic mass is 9.94. The largest absolute Gasteiger partial charge is 0.354 e. The van der Waals surface area contributed by atoms with Gasteiger partial charge in [0.1, 0.15) is 5.82 Å². The molecule has 3 heteroatoms. The van der Waals surface area contributed by atoms with Crippen LogP contribution < -0.4 is 4.90 Å². The van der Waals surface area contributed by atoms with Crippen molar-refractivity contribution in [2.75, 3.05) is 31.1 Å². The zero-order chi connectivity index (χ0) is 15.5. The molecule has 3 nitrogen and oxygen atoms in total. The Bertz CT molecular complexity index is 485. The fourth-order valence-electron chi connectivity index (χ4n) is 4.54. The summed E-state index contributed by atoms with van der Waals surface area (Å²) < 4.78 is 0. The molecular formula is C19H31N3. The van der Waals surface area contributed by atoms with Gasteiger partial charge < -0.3 is 4.90 Å². The van der Waals surface area contributed by atoms with Gasteiger partial charge in [-0.25, -0.2) is 4.98 Å². The SMILES string of the molecule is CC[C@@H](C1CCCC1)N1CCN(c2ncc(C)cc2C)CC1. The second-order valence-electron chi connectivity index (χ2n) is 7.20. The topological polar surface area (TPSA) is 19.4 Å². The molecule has 122 valence electrons. The molecular weight excluding hydrogens is 270 g/mol. The van der Waals surface area contributed by atoms with Gasteiger partial charge in [0.05, 0.1) is 0 Å². The molecule has 0 spiro atoms. The van der Waals surface area contributed by atoms with E-state index in [1.807, 2.05) is 6.20 Å². The van der Waals surface area contributed by atoms with Crippen LogP contribution in [0.5, 0.6) is 0 Å². The summed E-state index contributed by atoms with van der Waals surface area (Å²) in [6, 6.07) is 3.07. The summed E-state index contributed by atoms with van der Waals surface area (Å²) in [7, 11) is 0. The van der Waals surface area contributed by atoms with Gasteiger partial charge in [-0.3, -0.25) is 4.90 Å². The number of hydrogen-bond donors (Lipinski definition) is 0. The van der Waals surface area contributed by atoms with Gasteiger partial charge >= 0.3 is 0 Å². The zero-order valence-electron chi connectivity index (χ0n) is 14.5. The summed E-state index contributed by atoms with van der Waals surface area (Å²) in [5.74, 6) is 2.15. The lowest BCUT2D eigenvalue weighted by molar-refractivity contribution is 0.129. The van der Waals surface area contributed by atoms with Crippen LogP contribution in [0.2, 0.25) is 0 Å². The average molecular weight is 301 g/mol. The Morgan fingerprint density at radius 1 is 1.14 bits per heavy atom. The van der Waals surface area contributed by atoms with E-state index in [1.54, 1.807) is 0 Å². The molecule has 1 saturated heterocycles. The van der Waals surface area contributed by atoms with Crippen molar-refractivity contribution in [1.82, 2.24) is 9.88 Å². The third kappa shape index (κ3) is 3.29. The molecule has 2 heterocycles. The van der Waals surface area contributed by atoms with E-state index in [2.05, 4.69) is 41.6 Å². The van der Waals surface area contributed by atoms with E-state index in [-0.39, 0.29) is 0 Å². The van der Waals surface area contributed by atoms with E-state index in [0.29, 0.717) is 0 Å². The molecule has 0 bridgehead atoms. The first-order valence-electron chi connectivity index (χ1n) is 9.11. The predicted octanol–water partition coefficient (Wildman–Crippen LogP) is 3.79. The van der Waals surface area contributed by atoms with Gasteiger partial charge in [0.15, 0.2) is 0 Å². The van der Waals surface area contributed by atoms with Crippen LogP contribution in [-0.2, 0) is 0 Å². The molecule has 2 fully saturated rings. The van der Waals surface area contributed by atoms with Crippen molar-refractivity contribution in [1.29, 1.82) is 0 Å². The van der Waals surface area contributed by atoms with Crippen LogP contribution in [0.1, 0.15) is 50.2 Å². The van der Waals surface area contributed by atoms with Gasteiger partial charge in [-0.1, -0.05) is 25.8 Å². The molecule has 0 radical (unpaired) electrons. The van der Waals surface area contributed by atoms with Gasteiger partial charge in [-0.05, 0) is 50.2 Å². The van der Waals surface area contributed by atoms with Crippen molar-refractivity contribution < 1.29 is 0 Å². The van der Waals surface area contributed by atoms with Crippen molar-refractivity contribution in [2.24, 2.45) is 5.92 Å². The van der Waals surface area contributed by atoms with Gasteiger partial charge in [0, 0.05) is 38.4 Å². The van der Waals surface area contributed by atoms with E-state index in [1.165, 1.54) is 62.1 Å². The highest BCUT2D eigenvalue weighted by Gasteiger charge is 2.30. The van der Waals surface area contributed by atoms with Crippen LogP contribution in [0.15, 0.2) is 12.3 Å². The van der Waals surface area contributed by atoms with Crippen molar-refractivity contribution in [3.05, 3.63) is 23.4 Å². The van der Waals surface area contributed by atoms with Crippen LogP contribution in [0.3, 0.4) is 0 Å². The summed E-state index contributed by atoms with van der Waals surface area (Å²) in [6.07, 6.45) is 9.13. The van der Waals surface area contributed by atoms with Gasteiger partial charge in [0.2, 0.25) is 0 Å². The number of pyridine rings is 1. The Kier molecular flexibility index (Phi) is 5.02. The van der Waals surface area contributed by atoms with Crippen molar-refractivity contribution in [3.63, 3.8) is 0 Å². The summed E-state index contributed by atoms with van der Waals surface area (Å²) >= 11 is 0. The van der Waals surface area contributed by atoms with Crippen molar-refractivity contribution >= 4 is 5.82 Å². The first-order chi connectivity index (χ1) is 10.7. The number of nitrogens with zero attached hydrogens (tertiary/aromatic N) is 3. The lowest BCUT2D eigenvalue weighted by Gasteiger charge is -2.42. The molecule has 0 N–H and O–H groups in total. The quantitative estimate of drug-likeness (QED) is 0.843. The van der Waals surface area contributed by atoms with E-state index in [9.17, 15) is 0 Å². The molecule has 0 amide bonds. The maximum atomic E-state index is 4.68. The highest BCUT2D eigenvalue weighted by molar-refractivity contribution is 5.47. The molecule has 0 unspecified atom stereocenters. The maximum Gasteiger partial charge on any atom is 0.131 e. The molecule has 22 heavy (non-hydrogen) atoms. The molecule has 1 aromatic rings. The minimum Gasteiger partial charge on any atom is -0.354 e. The minimum absolute atomic E-state index is 0.816. The normalized spacial score (nSPS) is 22.2. The first kappa shape index (κ1) is 15.8. The van der Waals surface area contributed by atoms with E-state index >= 15 is 0 Å². The fraction of sp³-hybridized carbons (Fsp3) is 0.737. The molecule has 1 saturated carbocycles. The highest BCUT2D eigenvalue weighted by Crippen LogP contribution is 2.32. The van der Waals surface area contributed by atoms with E-state index in [4.69, 9.17) is 0 Å². The van der Waals surface area contributed by atoms with Gasteiger partial charge in [0.25, 0.3) is 0 Å². The number of aryl methyl sites for hydroxylation is 2. The number of aromatic nitrogens is 1. The molecule has 1 atom stereocenters. The van der Waals surface area contributed by atoms with E-state index < -0.39 is 0 Å². The van der Waals surface area contributed by atoms with Gasteiger partial charge in [-0.2, -0.15) is 0 Å². The highest BCUT2D eigenvalue weighted by atomic mass is 15.3. The number of piperazine rings is 1. The minimum atomic E-state index is 0.816. The number of hydrogen-bond acceptors (Lipinski definition) is 3. The fourth-order valence-corrected chi connectivity index (χ4v) is 4.54. The summed E-state index contributed by atoms with van der Waals surface area (Å²) in [5.41, 5.74) is 2.57. The zero-order valence-corrected chi connectivity index (χ0v) is 14.5. The Labute approximate surface area is 135 Å². The number of anilines is 1. The average Bonchev–Trinajstić information content (AvgIpc) is 3.03. The van der Waals surface area contributed by atoms with Crippen LogP contribution in [0.25, 0.3) is 0 Å². The monoisotopic (exact) mass is 301 g/mol. The first-order valence-corrected chi connectivity index (χ1v) is 9.11. The maximum absolute atomic E-state index is 4.68. The second-order valence-corrected chi connectivity index (χ2v) is 7.20. The van der Waals surface area contributed by atoms with Crippen molar-refractivity contribution in [3.8, 4) is 0 Å². The Hall–Kier alpha value is -1.09. The summed E-state index contributed by atoms with van der Waals surface area (Å²) in [6.45, 7) is 11.3. The third-order valence-electron chi connectivity index (χ3n) is 5.63.